The van der Waals surface area contributed by atoms with E-state index in [0.29, 0.717) is 10.9 Å². The van der Waals surface area contributed by atoms with E-state index in [1.54, 1.807) is 18.5 Å². The average molecular weight is 606 g/mol. The van der Waals surface area contributed by atoms with Gasteiger partial charge >= 0.3 is 0 Å². The number of benzene rings is 3. The van der Waals surface area contributed by atoms with Crippen LogP contribution in [0.4, 0.5) is 15.8 Å². The maximum Gasteiger partial charge on any atom is 0.244 e. The molecule has 0 bridgehead atoms. The van der Waals surface area contributed by atoms with Crippen LogP contribution in [0.2, 0.25) is 0 Å². The van der Waals surface area contributed by atoms with Gasteiger partial charge in [0.2, 0.25) is 20.0 Å². The number of pyridine rings is 2. The molecular weight excluding hydrogens is 581 g/mol. The Kier molecular flexibility index (Phi) is 7.10. The van der Waals surface area contributed by atoms with Crippen LogP contribution in [-0.2, 0) is 20.0 Å². The van der Waals surface area contributed by atoms with Crippen molar-refractivity contribution in [3.63, 3.8) is 0 Å². The normalized spacial score (nSPS) is 13.7. The minimum atomic E-state index is -4.19. The van der Waals surface area contributed by atoms with Crippen LogP contribution in [0, 0.1) is 5.82 Å². The smallest absolute Gasteiger partial charge is 0.244 e. The summed E-state index contributed by atoms with van der Waals surface area (Å²) in [7, 11) is -8.19. The molecule has 0 spiro atoms. The predicted octanol–water partition coefficient (Wildman–Crippen LogP) is 5.06. The molecule has 214 valence electrons. The van der Waals surface area contributed by atoms with E-state index in [1.807, 2.05) is 24.3 Å². The topological polar surface area (TPSA) is 153 Å². The highest BCUT2D eigenvalue weighted by atomic mass is 32.2. The average Bonchev–Trinajstić information content (AvgIpc) is 3.77. The van der Waals surface area contributed by atoms with E-state index < -0.39 is 25.9 Å². The fourth-order valence-corrected chi connectivity index (χ4v) is 6.35. The Morgan fingerprint density at radius 3 is 2.36 bits per heavy atom. The lowest BCUT2D eigenvalue weighted by Crippen LogP contribution is -2.26. The van der Waals surface area contributed by atoms with Gasteiger partial charge in [0.25, 0.3) is 0 Å². The summed E-state index contributed by atoms with van der Waals surface area (Å²) >= 11 is 0. The van der Waals surface area contributed by atoms with Crippen molar-refractivity contribution in [1.82, 2.24) is 14.7 Å². The lowest BCUT2D eigenvalue weighted by atomic mass is 10.0. The highest BCUT2D eigenvalue weighted by molar-refractivity contribution is 7.89. The summed E-state index contributed by atoms with van der Waals surface area (Å²) in [5.74, 6) is -0.135. The second-order valence-corrected chi connectivity index (χ2v) is 13.0. The number of hydrogen-bond donors (Lipinski definition) is 3. The number of hydrogen-bond acceptors (Lipinski definition) is 8. The molecule has 1 aliphatic rings. The zero-order chi connectivity index (χ0) is 29.5. The first-order valence-corrected chi connectivity index (χ1v) is 15.8. The highest BCUT2D eigenvalue weighted by Crippen LogP contribution is 2.37. The lowest BCUT2D eigenvalue weighted by molar-refractivity contribution is 0.479. The summed E-state index contributed by atoms with van der Waals surface area (Å²) in [5, 5.41) is 9.01. The number of nitrogens with zero attached hydrogens (tertiary/aromatic N) is 2. The number of aromatic nitrogens is 2. The van der Waals surface area contributed by atoms with Gasteiger partial charge in [0.05, 0.1) is 16.1 Å². The summed E-state index contributed by atoms with van der Waals surface area (Å²) in [6, 6.07) is 18.1. The van der Waals surface area contributed by atoms with Gasteiger partial charge in [-0.1, -0.05) is 18.2 Å². The Morgan fingerprint density at radius 1 is 0.881 bits per heavy atom. The van der Waals surface area contributed by atoms with E-state index in [1.165, 1.54) is 48.7 Å². The molecule has 10 nitrogen and oxygen atoms in total. The molecule has 0 radical (unpaired) electrons. The molecule has 6 rings (SSSR count). The third-order valence-electron chi connectivity index (χ3n) is 6.55. The molecule has 0 unspecified atom stereocenters. The van der Waals surface area contributed by atoms with Crippen LogP contribution >= 0.6 is 0 Å². The Hall–Kier alpha value is -4.43. The zero-order valence-electron chi connectivity index (χ0n) is 21.9. The number of nitrogens with two attached hydrogens (primary N) is 1. The van der Waals surface area contributed by atoms with Crippen molar-refractivity contribution in [3.8, 4) is 22.6 Å². The first-order valence-electron chi connectivity index (χ1n) is 12.8. The van der Waals surface area contributed by atoms with Gasteiger partial charge in [0, 0.05) is 53.4 Å². The number of rotatable bonds is 9. The van der Waals surface area contributed by atoms with Crippen molar-refractivity contribution in [2.24, 2.45) is 5.14 Å². The minimum Gasteiger partial charge on any atom is -0.457 e. The number of nitrogens with one attached hydrogen (secondary N) is 2. The highest BCUT2D eigenvalue weighted by Gasteiger charge is 2.30. The van der Waals surface area contributed by atoms with Crippen LogP contribution in [0.1, 0.15) is 12.8 Å². The van der Waals surface area contributed by atoms with Gasteiger partial charge in [0.15, 0.2) is 0 Å². The first-order chi connectivity index (χ1) is 20.0. The van der Waals surface area contributed by atoms with E-state index in [9.17, 15) is 21.2 Å². The van der Waals surface area contributed by atoms with Crippen molar-refractivity contribution >= 4 is 42.3 Å². The number of anilines is 2. The van der Waals surface area contributed by atoms with E-state index in [2.05, 4.69) is 20.0 Å². The molecule has 1 aliphatic carbocycles. The molecule has 0 saturated heterocycles. The molecule has 13 heteroatoms. The summed E-state index contributed by atoms with van der Waals surface area (Å²) in [4.78, 5) is 8.22. The number of ether oxygens (including phenoxy) is 1. The van der Waals surface area contributed by atoms with Gasteiger partial charge in [-0.25, -0.2) is 31.1 Å². The van der Waals surface area contributed by atoms with Gasteiger partial charge in [0.1, 0.15) is 22.2 Å². The largest absolute Gasteiger partial charge is 0.457 e. The minimum absolute atomic E-state index is 0.0772. The van der Waals surface area contributed by atoms with Crippen molar-refractivity contribution in [3.05, 3.63) is 97.2 Å². The summed E-state index contributed by atoms with van der Waals surface area (Å²) < 4.78 is 73.4. The van der Waals surface area contributed by atoms with Gasteiger partial charge in [-0.3, -0.25) is 9.97 Å². The molecular formula is C29H24FN5O5S2. The van der Waals surface area contributed by atoms with Crippen molar-refractivity contribution in [2.45, 2.75) is 28.7 Å². The molecule has 0 atom stereocenters. The van der Waals surface area contributed by atoms with Crippen LogP contribution in [0.25, 0.3) is 22.0 Å². The van der Waals surface area contributed by atoms with Crippen LogP contribution in [0.3, 0.4) is 0 Å². The monoisotopic (exact) mass is 605 g/mol. The fourth-order valence-electron chi connectivity index (χ4n) is 4.36. The van der Waals surface area contributed by atoms with Gasteiger partial charge < -0.3 is 10.1 Å². The summed E-state index contributed by atoms with van der Waals surface area (Å²) in [6.45, 7) is 0. The molecule has 0 amide bonds. The third-order valence-corrected chi connectivity index (χ3v) is 8.97. The van der Waals surface area contributed by atoms with E-state index >= 15 is 0 Å². The fraction of sp³-hybridized carbons (Fsp3) is 0.103. The second-order valence-electron chi connectivity index (χ2n) is 9.79. The number of primary sulfonamides is 1. The second kappa shape index (κ2) is 10.8. The van der Waals surface area contributed by atoms with Crippen LogP contribution in [-0.4, -0.2) is 32.8 Å². The lowest BCUT2D eigenvalue weighted by Gasteiger charge is -2.17. The Morgan fingerprint density at radius 2 is 1.67 bits per heavy atom. The molecule has 2 aromatic heterocycles. The maximum absolute atomic E-state index is 13.4. The molecule has 3 aromatic carbocycles. The number of halogens is 1. The van der Waals surface area contributed by atoms with Crippen LogP contribution in [0.15, 0.2) is 101 Å². The standard InChI is InChI=1S/C29H24FN5O5S2/c30-20-4-8-23(9-5-20)40-24-13-22(14-25(15-24)41(31,36)37)34-29-26-10-3-18(19-2-1-11-32-16-19)12-27(26)33-17-28(29)42(38,39)35-21-6-7-21/h1-5,8-17,21,35H,6-7H2,(H,33,34)(H2,31,36,37). The van der Waals surface area contributed by atoms with Crippen molar-refractivity contribution in [1.29, 1.82) is 0 Å². The molecule has 0 aliphatic heterocycles. The summed E-state index contributed by atoms with van der Waals surface area (Å²) in [6.07, 6.45) is 6.11. The van der Waals surface area contributed by atoms with Crippen LogP contribution < -0.4 is 19.9 Å². The molecule has 1 saturated carbocycles. The summed E-state index contributed by atoms with van der Waals surface area (Å²) in [5.41, 5.74) is 2.54. The molecule has 1 fully saturated rings. The Labute approximate surface area is 241 Å². The predicted molar refractivity (Wildman–Crippen MR) is 156 cm³/mol. The Bertz CT molecular complexity index is 2020. The number of sulfonamides is 2. The molecule has 4 N–H and O–H groups in total. The number of fused-ring (bicyclic) bond motifs is 1. The molecule has 42 heavy (non-hydrogen) atoms. The molecule has 2 heterocycles. The SMILES string of the molecule is NS(=O)(=O)c1cc(Nc2c(S(=O)(=O)NC3CC3)cnc3cc(-c4cccnc4)ccc23)cc(Oc2ccc(F)cc2)c1. The van der Waals surface area contributed by atoms with Gasteiger partial charge in [-0.15, -0.1) is 0 Å². The van der Waals surface area contributed by atoms with E-state index in [0.717, 1.165) is 24.0 Å². The van der Waals surface area contributed by atoms with Gasteiger partial charge in [-0.05, 0) is 60.9 Å². The third kappa shape index (κ3) is 6.09. The van der Waals surface area contributed by atoms with Crippen LogP contribution in [0.5, 0.6) is 11.5 Å². The van der Waals surface area contributed by atoms with Crippen molar-refractivity contribution < 1.29 is 26.0 Å². The Balaban J connectivity index is 1.48. The molecule has 5 aromatic rings. The van der Waals surface area contributed by atoms with Crippen molar-refractivity contribution in [2.75, 3.05) is 5.32 Å². The quantitative estimate of drug-likeness (QED) is 0.211. The first kappa shape index (κ1) is 27.7. The zero-order valence-corrected chi connectivity index (χ0v) is 23.5. The maximum atomic E-state index is 13.4. The van der Waals surface area contributed by atoms with E-state index in [4.69, 9.17) is 9.88 Å². The van der Waals surface area contributed by atoms with E-state index in [-0.39, 0.29) is 38.7 Å². The van der Waals surface area contributed by atoms with Gasteiger partial charge in [-0.2, -0.15) is 0 Å².